The second-order valence-corrected chi connectivity index (χ2v) is 8.91. The van der Waals surface area contributed by atoms with Gasteiger partial charge in [0.25, 0.3) is 0 Å². The van der Waals surface area contributed by atoms with Gasteiger partial charge in [0.2, 0.25) is 5.91 Å². The van der Waals surface area contributed by atoms with Gasteiger partial charge in [-0.05, 0) is 72.0 Å². The first-order valence-electron chi connectivity index (χ1n) is 9.60. The zero-order chi connectivity index (χ0) is 21.5. The summed E-state index contributed by atoms with van der Waals surface area (Å²) in [6.07, 6.45) is 1.73. The zero-order valence-electron chi connectivity index (χ0n) is 16.2. The Hall–Kier alpha value is -1.71. The molecule has 0 aliphatic carbocycles. The van der Waals surface area contributed by atoms with Gasteiger partial charge in [0.15, 0.2) is 0 Å². The molecule has 3 aromatic rings. The normalized spacial score (nSPS) is 11.9. The predicted octanol–water partition coefficient (Wildman–Crippen LogP) is 7.38. The van der Waals surface area contributed by atoms with E-state index in [0.29, 0.717) is 39.5 Å². The van der Waals surface area contributed by atoms with Crippen LogP contribution in [0.2, 0.25) is 20.1 Å². The maximum atomic E-state index is 12.5. The molecular weight excluding hydrogens is 460 g/mol. The number of halogens is 4. The van der Waals surface area contributed by atoms with Crippen LogP contribution in [0.4, 0.5) is 0 Å². The van der Waals surface area contributed by atoms with Crippen LogP contribution in [0.3, 0.4) is 0 Å². The maximum absolute atomic E-state index is 12.5. The molecule has 3 rings (SSSR count). The molecule has 3 aromatic carbocycles. The number of hydrogen-bond donors (Lipinski definition) is 1. The highest BCUT2D eigenvalue weighted by Crippen LogP contribution is 2.24. The number of rotatable bonds is 8. The molecular formula is C24H21Cl4NO. The fourth-order valence-corrected chi connectivity index (χ4v) is 4.11. The zero-order valence-corrected chi connectivity index (χ0v) is 19.2. The Morgan fingerprint density at radius 1 is 0.733 bits per heavy atom. The van der Waals surface area contributed by atoms with Crippen molar-refractivity contribution in [1.29, 1.82) is 0 Å². The van der Waals surface area contributed by atoms with Crippen LogP contribution in [-0.2, 0) is 17.6 Å². The van der Waals surface area contributed by atoms with Crippen molar-refractivity contribution in [2.75, 3.05) is 6.54 Å². The third-order valence-electron chi connectivity index (χ3n) is 4.85. The number of carbonyl (C=O) groups excluding carboxylic acids is 1. The molecule has 0 bridgehead atoms. The van der Waals surface area contributed by atoms with Gasteiger partial charge < -0.3 is 5.32 Å². The molecule has 1 amide bonds. The highest BCUT2D eigenvalue weighted by atomic mass is 35.5. The van der Waals surface area contributed by atoms with Crippen molar-refractivity contribution in [1.82, 2.24) is 5.32 Å². The molecule has 0 heterocycles. The maximum Gasteiger partial charge on any atom is 0.220 e. The van der Waals surface area contributed by atoms with E-state index in [2.05, 4.69) is 5.32 Å². The Morgan fingerprint density at radius 3 is 1.90 bits per heavy atom. The van der Waals surface area contributed by atoms with Gasteiger partial charge in [-0.2, -0.15) is 0 Å². The summed E-state index contributed by atoms with van der Waals surface area (Å²) in [5.74, 6) is 0.106. The van der Waals surface area contributed by atoms with Crippen LogP contribution in [0, 0.1) is 0 Å². The molecule has 156 valence electrons. The highest BCUT2D eigenvalue weighted by Gasteiger charge is 2.14. The van der Waals surface area contributed by atoms with Crippen molar-refractivity contribution in [3.05, 3.63) is 104 Å². The van der Waals surface area contributed by atoms with Gasteiger partial charge in [0.1, 0.15) is 0 Å². The van der Waals surface area contributed by atoms with Crippen LogP contribution in [0.15, 0.2) is 66.7 Å². The molecule has 0 fully saturated rings. The third kappa shape index (κ3) is 7.21. The Balaban J connectivity index is 1.62. The van der Waals surface area contributed by atoms with E-state index in [1.165, 1.54) is 0 Å². The van der Waals surface area contributed by atoms with Crippen molar-refractivity contribution < 1.29 is 4.79 Å². The van der Waals surface area contributed by atoms with Crippen LogP contribution in [0.25, 0.3) is 0 Å². The SMILES string of the molecule is O=C(CCc1cc(Cl)cc(Cl)c1)NC[C@H](Cc1ccc(Cl)cc1)c1ccc(Cl)cc1. The largest absolute Gasteiger partial charge is 0.355 e. The van der Waals surface area contributed by atoms with E-state index in [1.54, 1.807) is 6.07 Å². The first-order chi connectivity index (χ1) is 14.4. The summed E-state index contributed by atoms with van der Waals surface area (Å²) < 4.78 is 0. The van der Waals surface area contributed by atoms with E-state index in [-0.39, 0.29) is 11.8 Å². The first kappa shape index (κ1) is 23.0. The molecule has 30 heavy (non-hydrogen) atoms. The lowest BCUT2D eigenvalue weighted by molar-refractivity contribution is -0.121. The summed E-state index contributed by atoms with van der Waals surface area (Å²) >= 11 is 24.1. The van der Waals surface area contributed by atoms with Crippen molar-refractivity contribution >= 4 is 52.3 Å². The molecule has 0 spiro atoms. The summed E-state index contributed by atoms with van der Waals surface area (Å²) in [7, 11) is 0. The Labute approximate surface area is 197 Å². The van der Waals surface area contributed by atoms with Crippen molar-refractivity contribution in [3.8, 4) is 0 Å². The van der Waals surface area contributed by atoms with Crippen LogP contribution >= 0.6 is 46.4 Å². The predicted molar refractivity (Wildman–Crippen MR) is 127 cm³/mol. The third-order valence-corrected chi connectivity index (χ3v) is 5.79. The second kappa shape index (κ2) is 11.1. The standard InChI is InChI=1S/C24H21Cl4NO/c25-20-6-1-16(2-7-20)11-19(18-4-8-21(26)9-5-18)15-29-24(30)10-3-17-12-22(27)14-23(28)13-17/h1-2,4-9,12-14,19H,3,10-11,15H2,(H,29,30)/t19-/m0/s1. The van der Waals surface area contributed by atoms with Gasteiger partial charge in [-0.3, -0.25) is 4.79 Å². The molecule has 0 saturated heterocycles. The Kier molecular flexibility index (Phi) is 8.47. The van der Waals surface area contributed by atoms with Crippen LogP contribution < -0.4 is 5.32 Å². The Morgan fingerprint density at radius 2 is 1.30 bits per heavy atom. The molecule has 1 N–H and O–H groups in total. The van der Waals surface area contributed by atoms with Crippen molar-refractivity contribution in [2.24, 2.45) is 0 Å². The molecule has 0 aliphatic heterocycles. The van der Waals surface area contributed by atoms with Crippen LogP contribution in [0.5, 0.6) is 0 Å². The smallest absolute Gasteiger partial charge is 0.220 e. The van der Waals surface area contributed by atoms with E-state index >= 15 is 0 Å². The van der Waals surface area contributed by atoms with Crippen LogP contribution in [-0.4, -0.2) is 12.5 Å². The van der Waals surface area contributed by atoms with Gasteiger partial charge in [-0.25, -0.2) is 0 Å². The quantitative estimate of drug-likeness (QED) is 0.358. The molecule has 0 radical (unpaired) electrons. The molecule has 0 unspecified atom stereocenters. The average molecular weight is 481 g/mol. The first-order valence-corrected chi connectivity index (χ1v) is 11.1. The molecule has 1 atom stereocenters. The van der Waals surface area contributed by atoms with E-state index in [9.17, 15) is 4.79 Å². The lowest BCUT2D eigenvalue weighted by Gasteiger charge is -2.19. The number of aryl methyl sites for hydroxylation is 1. The number of benzene rings is 3. The summed E-state index contributed by atoms with van der Waals surface area (Å²) in [5.41, 5.74) is 3.22. The average Bonchev–Trinajstić information content (AvgIpc) is 2.71. The van der Waals surface area contributed by atoms with E-state index in [0.717, 1.165) is 23.1 Å². The molecule has 0 aliphatic rings. The number of hydrogen-bond acceptors (Lipinski definition) is 1. The number of nitrogens with one attached hydrogen (secondary N) is 1. The minimum Gasteiger partial charge on any atom is -0.355 e. The Bertz CT molecular complexity index is 967. The van der Waals surface area contributed by atoms with Gasteiger partial charge in [0.05, 0.1) is 0 Å². The van der Waals surface area contributed by atoms with Crippen LogP contribution in [0.1, 0.15) is 29.0 Å². The molecule has 0 aromatic heterocycles. The van der Waals surface area contributed by atoms with Gasteiger partial charge in [-0.15, -0.1) is 0 Å². The topological polar surface area (TPSA) is 29.1 Å². The number of carbonyl (C=O) groups is 1. The van der Waals surface area contributed by atoms with Crippen molar-refractivity contribution in [3.63, 3.8) is 0 Å². The van der Waals surface area contributed by atoms with E-state index in [4.69, 9.17) is 46.4 Å². The van der Waals surface area contributed by atoms with Gasteiger partial charge in [0, 0.05) is 39.0 Å². The summed E-state index contributed by atoms with van der Waals surface area (Å²) in [6, 6.07) is 20.9. The molecule has 6 heteroatoms. The summed E-state index contributed by atoms with van der Waals surface area (Å²) in [6.45, 7) is 0.527. The fraction of sp³-hybridized carbons (Fsp3) is 0.208. The second-order valence-electron chi connectivity index (χ2n) is 7.16. The summed E-state index contributed by atoms with van der Waals surface area (Å²) in [5, 5.41) is 5.60. The lowest BCUT2D eigenvalue weighted by atomic mass is 9.92. The highest BCUT2D eigenvalue weighted by molar-refractivity contribution is 6.34. The van der Waals surface area contributed by atoms with E-state index < -0.39 is 0 Å². The monoisotopic (exact) mass is 479 g/mol. The minimum absolute atomic E-state index is 0.0128. The number of amides is 1. The van der Waals surface area contributed by atoms with Crippen molar-refractivity contribution in [2.45, 2.75) is 25.2 Å². The molecule has 2 nitrogen and oxygen atoms in total. The summed E-state index contributed by atoms with van der Waals surface area (Å²) in [4.78, 5) is 12.5. The van der Waals surface area contributed by atoms with Gasteiger partial charge in [-0.1, -0.05) is 70.7 Å². The lowest BCUT2D eigenvalue weighted by Crippen LogP contribution is -2.29. The molecule has 0 saturated carbocycles. The van der Waals surface area contributed by atoms with E-state index in [1.807, 2.05) is 60.7 Å². The fourth-order valence-electron chi connectivity index (χ4n) is 3.29. The minimum atomic E-state index is -0.0128. The van der Waals surface area contributed by atoms with Gasteiger partial charge >= 0.3 is 0 Å².